The Morgan fingerprint density at radius 3 is 2.52 bits per heavy atom. The number of carbonyl (C=O) groups is 1. The molecule has 1 N–H and O–H groups in total. The van der Waals surface area contributed by atoms with Crippen molar-refractivity contribution in [2.45, 2.75) is 25.8 Å². The van der Waals surface area contributed by atoms with Gasteiger partial charge in [-0.3, -0.25) is 4.79 Å². The summed E-state index contributed by atoms with van der Waals surface area (Å²) >= 11 is 9.35. The van der Waals surface area contributed by atoms with E-state index >= 15 is 0 Å². The quantitative estimate of drug-likeness (QED) is 0.800. The Balaban J connectivity index is 1.87. The van der Waals surface area contributed by atoms with Gasteiger partial charge in [-0.05, 0) is 42.7 Å². The molecule has 2 nitrogen and oxygen atoms in total. The van der Waals surface area contributed by atoms with Gasteiger partial charge in [-0.25, -0.2) is 0 Å². The predicted octanol–water partition coefficient (Wildman–Crippen LogP) is 4.91. The van der Waals surface area contributed by atoms with Crippen LogP contribution in [0.15, 0.2) is 53.0 Å². The lowest BCUT2D eigenvalue weighted by molar-refractivity contribution is -0.121. The third-order valence-corrected chi connectivity index (χ3v) is 4.28. The lowest BCUT2D eigenvalue weighted by Gasteiger charge is -2.15. The number of benzene rings is 2. The van der Waals surface area contributed by atoms with Crippen molar-refractivity contribution in [1.82, 2.24) is 5.32 Å². The third kappa shape index (κ3) is 4.87. The van der Waals surface area contributed by atoms with Crippen molar-refractivity contribution in [2.24, 2.45) is 0 Å². The zero-order valence-electron chi connectivity index (χ0n) is 11.8. The minimum Gasteiger partial charge on any atom is -0.350 e. The summed E-state index contributed by atoms with van der Waals surface area (Å²) in [6.45, 7) is 1.99. The molecule has 0 saturated carbocycles. The highest BCUT2D eigenvalue weighted by Gasteiger charge is 2.11. The average Bonchev–Trinajstić information content (AvgIpc) is 2.47. The highest BCUT2D eigenvalue weighted by molar-refractivity contribution is 9.10. The molecule has 0 bridgehead atoms. The highest BCUT2D eigenvalue weighted by Crippen LogP contribution is 2.22. The van der Waals surface area contributed by atoms with Gasteiger partial charge in [0.05, 0.1) is 6.04 Å². The summed E-state index contributed by atoms with van der Waals surface area (Å²) in [6, 6.07) is 15.5. The number of hydrogen-bond acceptors (Lipinski definition) is 1. The molecule has 0 aromatic heterocycles. The van der Waals surface area contributed by atoms with Gasteiger partial charge >= 0.3 is 0 Å². The van der Waals surface area contributed by atoms with Crippen molar-refractivity contribution in [1.29, 1.82) is 0 Å². The van der Waals surface area contributed by atoms with E-state index in [2.05, 4.69) is 21.2 Å². The summed E-state index contributed by atoms with van der Waals surface area (Å²) in [5.74, 6) is 0.0493. The van der Waals surface area contributed by atoms with Gasteiger partial charge in [0.1, 0.15) is 0 Å². The first-order valence-corrected chi connectivity index (χ1v) is 8.01. The molecular weight excluding hydrogens is 350 g/mol. The number of rotatable bonds is 5. The number of amides is 1. The fraction of sp³-hybridized carbons (Fsp3) is 0.235. The molecule has 110 valence electrons. The molecule has 0 fully saturated rings. The molecule has 2 rings (SSSR count). The molecular formula is C17H17BrClNO. The molecule has 21 heavy (non-hydrogen) atoms. The molecule has 0 aliphatic heterocycles. The van der Waals surface area contributed by atoms with E-state index < -0.39 is 0 Å². The van der Waals surface area contributed by atoms with Crippen LogP contribution in [-0.2, 0) is 11.2 Å². The fourth-order valence-electron chi connectivity index (χ4n) is 2.13. The van der Waals surface area contributed by atoms with Crippen LogP contribution in [0.5, 0.6) is 0 Å². The highest BCUT2D eigenvalue weighted by atomic mass is 79.9. The number of aryl methyl sites for hydroxylation is 1. The van der Waals surface area contributed by atoms with Crippen LogP contribution < -0.4 is 5.32 Å². The summed E-state index contributed by atoms with van der Waals surface area (Å²) in [4.78, 5) is 12.0. The van der Waals surface area contributed by atoms with Gasteiger partial charge in [-0.1, -0.05) is 57.9 Å². The standard InChI is InChI=1S/C17H17BrClNO/c1-12(15-4-2-3-5-16(15)18)20-17(21)11-8-13-6-9-14(19)10-7-13/h2-7,9-10,12H,8,11H2,1H3,(H,20,21). The van der Waals surface area contributed by atoms with Gasteiger partial charge in [-0.2, -0.15) is 0 Å². The van der Waals surface area contributed by atoms with Gasteiger partial charge in [0.25, 0.3) is 0 Å². The molecule has 0 saturated heterocycles. The van der Waals surface area contributed by atoms with E-state index in [1.807, 2.05) is 55.5 Å². The van der Waals surface area contributed by atoms with Crippen LogP contribution in [0.4, 0.5) is 0 Å². The normalized spacial score (nSPS) is 12.0. The van der Waals surface area contributed by atoms with Crippen LogP contribution >= 0.6 is 27.5 Å². The summed E-state index contributed by atoms with van der Waals surface area (Å²) in [6.07, 6.45) is 1.18. The van der Waals surface area contributed by atoms with Crippen molar-refractivity contribution in [3.05, 3.63) is 69.2 Å². The van der Waals surface area contributed by atoms with Crippen LogP contribution in [0, 0.1) is 0 Å². The van der Waals surface area contributed by atoms with E-state index in [4.69, 9.17) is 11.6 Å². The smallest absolute Gasteiger partial charge is 0.220 e. The second-order valence-electron chi connectivity index (χ2n) is 4.94. The van der Waals surface area contributed by atoms with Gasteiger partial charge in [0.15, 0.2) is 0 Å². The van der Waals surface area contributed by atoms with Crippen molar-refractivity contribution >= 4 is 33.4 Å². The lowest BCUT2D eigenvalue weighted by Crippen LogP contribution is -2.27. The largest absolute Gasteiger partial charge is 0.350 e. The molecule has 2 aromatic carbocycles. The van der Waals surface area contributed by atoms with Crippen LogP contribution in [0.1, 0.15) is 30.5 Å². The van der Waals surface area contributed by atoms with Gasteiger partial charge < -0.3 is 5.32 Å². The minimum atomic E-state index is -0.0155. The third-order valence-electron chi connectivity index (χ3n) is 3.30. The van der Waals surface area contributed by atoms with Crippen LogP contribution in [0.3, 0.4) is 0 Å². The molecule has 1 atom stereocenters. The topological polar surface area (TPSA) is 29.1 Å². The number of hydrogen-bond donors (Lipinski definition) is 1. The maximum Gasteiger partial charge on any atom is 0.220 e. The van der Waals surface area contributed by atoms with Crippen molar-refractivity contribution in [3.63, 3.8) is 0 Å². The van der Waals surface area contributed by atoms with E-state index in [0.717, 1.165) is 15.6 Å². The second kappa shape index (κ2) is 7.62. The predicted molar refractivity (Wildman–Crippen MR) is 90.5 cm³/mol. The molecule has 0 spiro atoms. The Labute approximate surface area is 138 Å². The first-order chi connectivity index (χ1) is 10.1. The first-order valence-electron chi connectivity index (χ1n) is 6.84. The summed E-state index contributed by atoms with van der Waals surface area (Å²) in [5, 5.41) is 3.74. The van der Waals surface area contributed by atoms with Gasteiger partial charge in [0.2, 0.25) is 5.91 Å². The monoisotopic (exact) mass is 365 g/mol. The Hall–Kier alpha value is -1.32. The van der Waals surface area contributed by atoms with E-state index in [-0.39, 0.29) is 11.9 Å². The summed E-state index contributed by atoms with van der Waals surface area (Å²) < 4.78 is 1.01. The maximum absolute atomic E-state index is 12.0. The van der Waals surface area contributed by atoms with E-state index in [9.17, 15) is 4.79 Å². The Kier molecular flexibility index (Phi) is 5.83. The number of carbonyl (C=O) groups excluding carboxylic acids is 1. The molecule has 0 heterocycles. The maximum atomic E-state index is 12.0. The number of nitrogens with one attached hydrogen (secondary N) is 1. The van der Waals surface area contributed by atoms with Crippen molar-refractivity contribution in [3.8, 4) is 0 Å². The molecule has 2 aromatic rings. The average molecular weight is 367 g/mol. The second-order valence-corrected chi connectivity index (χ2v) is 6.23. The number of halogens is 2. The Morgan fingerprint density at radius 1 is 1.19 bits per heavy atom. The molecule has 1 unspecified atom stereocenters. The first kappa shape index (κ1) is 16.1. The van der Waals surface area contributed by atoms with Crippen molar-refractivity contribution in [2.75, 3.05) is 0 Å². The zero-order valence-corrected chi connectivity index (χ0v) is 14.1. The Morgan fingerprint density at radius 2 is 1.86 bits per heavy atom. The molecule has 1 amide bonds. The van der Waals surface area contributed by atoms with E-state index in [0.29, 0.717) is 17.9 Å². The lowest BCUT2D eigenvalue weighted by atomic mass is 10.1. The van der Waals surface area contributed by atoms with E-state index in [1.165, 1.54) is 0 Å². The van der Waals surface area contributed by atoms with Crippen molar-refractivity contribution < 1.29 is 4.79 Å². The van der Waals surface area contributed by atoms with Crippen LogP contribution in [0.25, 0.3) is 0 Å². The Bertz CT molecular complexity index is 612. The zero-order chi connectivity index (χ0) is 15.2. The van der Waals surface area contributed by atoms with Gasteiger partial charge in [0, 0.05) is 15.9 Å². The molecule has 0 radical (unpaired) electrons. The molecule has 0 aliphatic carbocycles. The SMILES string of the molecule is CC(NC(=O)CCc1ccc(Cl)cc1)c1ccccc1Br. The fourth-order valence-corrected chi connectivity index (χ4v) is 2.88. The van der Waals surface area contributed by atoms with Crippen LogP contribution in [0.2, 0.25) is 5.02 Å². The summed E-state index contributed by atoms with van der Waals surface area (Å²) in [5.41, 5.74) is 2.19. The van der Waals surface area contributed by atoms with Gasteiger partial charge in [-0.15, -0.1) is 0 Å². The van der Waals surface area contributed by atoms with Crippen LogP contribution in [-0.4, -0.2) is 5.91 Å². The molecule has 4 heteroatoms. The minimum absolute atomic E-state index is 0.0155. The van der Waals surface area contributed by atoms with E-state index in [1.54, 1.807) is 0 Å². The summed E-state index contributed by atoms with van der Waals surface area (Å²) in [7, 11) is 0. The molecule has 0 aliphatic rings.